The fourth-order valence-electron chi connectivity index (χ4n) is 2.26. The molecule has 0 radical (unpaired) electrons. The Bertz CT molecular complexity index is 825. The lowest BCUT2D eigenvalue weighted by Crippen LogP contribution is -2.13. The molecule has 8 heteroatoms. The third-order valence-electron chi connectivity index (χ3n) is 3.64. The molecule has 2 heterocycles. The molecule has 0 aliphatic heterocycles. The van der Waals surface area contributed by atoms with Crippen molar-refractivity contribution in [3.63, 3.8) is 0 Å². The second-order valence-electron chi connectivity index (χ2n) is 5.40. The van der Waals surface area contributed by atoms with Crippen LogP contribution >= 0.6 is 23.4 Å². The van der Waals surface area contributed by atoms with Crippen LogP contribution in [0.1, 0.15) is 30.5 Å². The van der Waals surface area contributed by atoms with Gasteiger partial charge in [-0.1, -0.05) is 23.4 Å². The van der Waals surface area contributed by atoms with E-state index in [-0.39, 0.29) is 0 Å². The Balaban J connectivity index is 1.44. The second kappa shape index (κ2) is 5.90. The average Bonchev–Trinajstić information content (AvgIpc) is 3.17. The second-order valence-corrected chi connectivity index (χ2v) is 6.78. The van der Waals surface area contributed by atoms with Gasteiger partial charge in [-0.2, -0.15) is 0 Å². The van der Waals surface area contributed by atoms with Crippen LogP contribution in [0.4, 0.5) is 0 Å². The molecular formula is C15H14ClN5OS. The molecule has 0 unspecified atom stereocenters. The highest BCUT2D eigenvalue weighted by Crippen LogP contribution is 2.39. The van der Waals surface area contributed by atoms with Crippen LogP contribution in [0.15, 0.2) is 40.0 Å². The van der Waals surface area contributed by atoms with Crippen LogP contribution in [0.25, 0.3) is 11.3 Å². The summed E-state index contributed by atoms with van der Waals surface area (Å²) in [6.45, 7) is 0. The molecule has 1 fully saturated rings. The molecule has 2 N–H and O–H groups in total. The smallest absolute Gasteiger partial charge is 0.210 e. The number of nitrogen functional groups attached to an aromatic ring is 1. The predicted octanol–water partition coefficient (Wildman–Crippen LogP) is 3.47. The van der Waals surface area contributed by atoms with Crippen molar-refractivity contribution in [2.45, 2.75) is 29.7 Å². The van der Waals surface area contributed by atoms with Crippen LogP contribution < -0.4 is 5.84 Å². The lowest BCUT2D eigenvalue weighted by molar-refractivity contribution is 0.529. The summed E-state index contributed by atoms with van der Waals surface area (Å²) in [5, 5.41) is 9.66. The maximum Gasteiger partial charge on any atom is 0.210 e. The monoisotopic (exact) mass is 347 g/mol. The van der Waals surface area contributed by atoms with Crippen molar-refractivity contribution in [3.8, 4) is 11.3 Å². The van der Waals surface area contributed by atoms with Crippen molar-refractivity contribution in [2.75, 3.05) is 5.84 Å². The fraction of sp³-hybridized carbons (Fsp3) is 0.267. The molecule has 0 spiro atoms. The minimum atomic E-state index is 0.472. The minimum Gasteiger partial charge on any atom is -0.440 e. The van der Waals surface area contributed by atoms with Crippen LogP contribution in [-0.4, -0.2) is 19.9 Å². The number of nitrogens with zero attached hydrogens (tertiary/aromatic N) is 4. The highest BCUT2D eigenvalue weighted by Gasteiger charge is 2.29. The first-order chi connectivity index (χ1) is 11.2. The Labute approximate surface area is 142 Å². The van der Waals surface area contributed by atoms with E-state index >= 15 is 0 Å². The van der Waals surface area contributed by atoms with Crippen LogP contribution in [0, 0.1) is 0 Å². The third kappa shape index (κ3) is 3.07. The highest BCUT2D eigenvalue weighted by atomic mass is 35.5. The number of nitrogens with two attached hydrogens (primary N) is 1. The molecule has 2 aromatic heterocycles. The molecule has 1 aromatic carbocycles. The van der Waals surface area contributed by atoms with Crippen molar-refractivity contribution >= 4 is 23.4 Å². The largest absolute Gasteiger partial charge is 0.440 e. The summed E-state index contributed by atoms with van der Waals surface area (Å²) in [5.74, 6) is 9.24. The first kappa shape index (κ1) is 14.6. The predicted molar refractivity (Wildman–Crippen MR) is 88.7 cm³/mol. The Morgan fingerprint density at radius 1 is 1.26 bits per heavy atom. The fourth-order valence-corrected chi connectivity index (χ4v) is 3.10. The Kier molecular flexibility index (Phi) is 3.74. The van der Waals surface area contributed by atoms with Gasteiger partial charge in [-0.15, -0.1) is 10.2 Å². The van der Waals surface area contributed by atoms with E-state index in [2.05, 4.69) is 15.2 Å². The van der Waals surface area contributed by atoms with Crippen LogP contribution in [0.3, 0.4) is 0 Å². The Morgan fingerprint density at radius 3 is 2.78 bits per heavy atom. The summed E-state index contributed by atoms with van der Waals surface area (Å²) in [4.78, 5) is 4.30. The van der Waals surface area contributed by atoms with Gasteiger partial charge >= 0.3 is 0 Å². The van der Waals surface area contributed by atoms with Gasteiger partial charge in [0, 0.05) is 16.5 Å². The number of aromatic nitrogens is 4. The maximum atomic E-state index is 6.03. The number of thioether (sulfide) groups is 1. The zero-order valence-electron chi connectivity index (χ0n) is 12.1. The molecule has 0 atom stereocenters. The lowest BCUT2D eigenvalue weighted by atomic mass is 10.2. The lowest BCUT2D eigenvalue weighted by Gasteiger charge is -2.01. The first-order valence-corrected chi connectivity index (χ1v) is 8.61. The summed E-state index contributed by atoms with van der Waals surface area (Å²) in [7, 11) is 0. The van der Waals surface area contributed by atoms with E-state index < -0.39 is 0 Å². The zero-order chi connectivity index (χ0) is 15.8. The SMILES string of the molecule is Nn1c(SCc2ncc(-c3ccc(Cl)cc3)o2)nnc1C1CC1. The molecule has 6 nitrogen and oxygen atoms in total. The van der Waals surface area contributed by atoms with Gasteiger partial charge in [0.25, 0.3) is 0 Å². The number of hydrogen-bond donors (Lipinski definition) is 1. The first-order valence-electron chi connectivity index (χ1n) is 7.24. The Morgan fingerprint density at radius 2 is 2.04 bits per heavy atom. The average molecular weight is 348 g/mol. The number of oxazole rings is 1. The molecule has 4 rings (SSSR count). The van der Waals surface area contributed by atoms with Gasteiger partial charge in [-0.05, 0) is 37.1 Å². The van der Waals surface area contributed by atoms with Crippen molar-refractivity contribution < 1.29 is 4.42 Å². The van der Waals surface area contributed by atoms with E-state index in [1.54, 1.807) is 10.9 Å². The van der Waals surface area contributed by atoms with Crippen LogP contribution in [-0.2, 0) is 5.75 Å². The molecule has 1 aliphatic carbocycles. The molecule has 0 saturated heterocycles. The summed E-state index contributed by atoms with van der Waals surface area (Å²) >= 11 is 7.35. The van der Waals surface area contributed by atoms with Gasteiger partial charge in [-0.25, -0.2) is 9.66 Å². The van der Waals surface area contributed by atoms with Gasteiger partial charge in [0.1, 0.15) is 0 Å². The summed E-state index contributed by atoms with van der Waals surface area (Å²) < 4.78 is 7.34. The maximum absolute atomic E-state index is 6.03. The van der Waals surface area contributed by atoms with E-state index in [0.29, 0.717) is 33.5 Å². The summed E-state index contributed by atoms with van der Waals surface area (Å²) in [5.41, 5.74) is 0.941. The standard InChI is InChI=1S/C15H14ClN5OS/c16-11-5-3-9(4-6-11)12-7-18-13(22-12)8-23-15-20-19-14(21(15)17)10-1-2-10/h3-7,10H,1-2,8,17H2. The van der Waals surface area contributed by atoms with Gasteiger partial charge in [0.05, 0.1) is 11.9 Å². The molecule has 23 heavy (non-hydrogen) atoms. The topological polar surface area (TPSA) is 82.8 Å². The molecule has 0 amide bonds. The molecule has 3 aromatic rings. The van der Waals surface area contributed by atoms with Gasteiger partial charge in [0.15, 0.2) is 11.6 Å². The molecule has 0 bridgehead atoms. The molecule has 1 saturated carbocycles. The quantitative estimate of drug-likeness (QED) is 0.562. The van der Waals surface area contributed by atoms with E-state index in [1.807, 2.05) is 24.3 Å². The number of hydrogen-bond acceptors (Lipinski definition) is 6. The van der Waals surface area contributed by atoms with Crippen LogP contribution in [0.5, 0.6) is 0 Å². The Hall–Kier alpha value is -1.99. The van der Waals surface area contributed by atoms with Gasteiger partial charge in [0.2, 0.25) is 11.0 Å². The molecule has 118 valence electrons. The van der Waals surface area contributed by atoms with Crippen molar-refractivity contribution in [3.05, 3.63) is 47.2 Å². The van der Waals surface area contributed by atoms with Gasteiger partial charge < -0.3 is 10.3 Å². The van der Waals surface area contributed by atoms with Gasteiger partial charge in [-0.3, -0.25) is 0 Å². The van der Waals surface area contributed by atoms with E-state index in [9.17, 15) is 0 Å². The molecule has 1 aliphatic rings. The van der Waals surface area contributed by atoms with Crippen molar-refractivity contribution in [1.82, 2.24) is 19.9 Å². The highest BCUT2D eigenvalue weighted by molar-refractivity contribution is 7.98. The number of halogens is 1. The summed E-state index contributed by atoms with van der Waals surface area (Å²) in [6.07, 6.45) is 4.00. The van der Waals surface area contributed by atoms with Crippen molar-refractivity contribution in [2.24, 2.45) is 0 Å². The zero-order valence-corrected chi connectivity index (χ0v) is 13.7. The molecular weight excluding hydrogens is 334 g/mol. The number of benzene rings is 1. The number of rotatable bonds is 5. The third-order valence-corrected chi connectivity index (χ3v) is 4.82. The normalized spacial score (nSPS) is 14.3. The van der Waals surface area contributed by atoms with E-state index in [1.165, 1.54) is 11.8 Å². The van der Waals surface area contributed by atoms with Crippen LogP contribution in [0.2, 0.25) is 5.02 Å². The van der Waals surface area contributed by atoms with Crippen molar-refractivity contribution in [1.29, 1.82) is 0 Å². The van der Waals surface area contributed by atoms with E-state index in [0.717, 1.165) is 24.2 Å². The minimum absolute atomic E-state index is 0.472. The van der Waals surface area contributed by atoms with E-state index in [4.69, 9.17) is 21.9 Å². The summed E-state index contributed by atoms with van der Waals surface area (Å²) in [6, 6.07) is 7.45.